The molecule has 0 radical (unpaired) electrons. The molecule has 0 aliphatic carbocycles. The number of aromatic nitrogens is 2. The average Bonchev–Trinajstić information content (AvgIpc) is 2.95. The molecule has 2 aromatic rings. The fourth-order valence-electron chi connectivity index (χ4n) is 3.07. The van der Waals surface area contributed by atoms with Crippen molar-refractivity contribution < 1.29 is 23.1 Å². The van der Waals surface area contributed by atoms with Gasteiger partial charge in [-0.1, -0.05) is 18.2 Å². The average molecular weight is 377 g/mol. The van der Waals surface area contributed by atoms with Crippen LogP contribution in [-0.4, -0.2) is 64.2 Å². The first-order valence-electron chi connectivity index (χ1n) is 8.06. The van der Waals surface area contributed by atoms with E-state index in [0.717, 1.165) is 16.2 Å². The third-order valence-electron chi connectivity index (χ3n) is 4.56. The Morgan fingerprint density at radius 3 is 2.58 bits per heavy atom. The lowest BCUT2D eigenvalue weighted by Gasteiger charge is -2.32. The van der Waals surface area contributed by atoms with Gasteiger partial charge in [0.2, 0.25) is 0 Å². The molecule has 9 heteroatoms. The third kappa shape index (κ3) is 3.22. The van der Waals surface area contributed by atoms with E-state index in [0.29, 0.717) is 5.69 Å². The highest BCUT2D eigenvalue weighted by Gasteiger charge is 2.39. The number of carbonyl (C=O) groups is 2. The second-order valence-corrected chi connectivity index (χ2v) is 8.54. The summed E-state index contributed by atoms with van der Waals surface area (Å²) in [4.78, 5) is 25.5. The molecule has 0 saturated carbocycles. The number of hydrogen-bond acceptors (Lipinski definition) is 5. The second kappa shape index (κ2) is 6.56. The highest BCUT2D eigenvalue weighted by Crippen LogP contribution is 2.21. The van der Waals surface area contributed by atoms with E-state index in [1.54, 1.807) is 11.6 Å². The number of aliphatic carboxylic acids is 1. The Bertz CT molecular complexity index is 980. The minimum Gasteiger partial charge on any atom is -0.480 e. The largest absolute Gasteiger partial charge is 0.480 e. The van der Waals surface area contributed by atoms with Gasteiger partial charge in [0, 0.05) is 6.54 Å². The summed E-state index contributed by atoms with van der Waals surface area (Å²) in [7, 11) is -3.47. The van der Waals surface area contributed by atoms with Crippen LogP contribution in [0.5, 0.6) is 0 Å². The Balaban J connectivity index is 1.96. The van der Waals surface area contributed by atoms with Crippen LogP contribution in [0.25, 0.3) is 5.69 Å². The number of hydrogen-bond donors (Lipinski definition) is 1. The molecule has 138 valence electrons. The minimum atomic E-state index is -3.47. The molecule has 0 bridgehead atoms. The molecule has 26 heavy (non-hydrogen) atoms. The molecule has 1 saturated heterocycles. The summed E-state index contributed by atoms with van der Waals surface area (Å²) in [5.41, 5.74) is 2.63. The Kier molecular flexibility index (Phi) is 4.57. The number of amides is 1. The minimum absolute atomic E-state index is 0.146. The van der Waals surface area contributed by atoms with Crippen LogP contribution in [0.2, 0.25) is 0 Å². The molecular formula is C17H19N3O5S. The van der Waals surface area contributed by atoms with E-state index in [1.807, 2.05) is 31.2 Å². The van der Waals surface area contributed by atoms with Gasteiger partial charge in [-0.05, 0) is 25.5 Å². The Labute approximate surface area is 151 Å². The van der Waals surface area contributed by atoms with Gasteiger partial charge in [0.05, 0.1) is 34.6 Å². The molecule has 2 heterocycles. The van der Waals surface area contributed by atoms with Gasteiger partial charge in [-0.15, -0.1) is 0 Å². The predicted molar refractivity (Wildman–Crippen MR) is 94.2 cm³/mol. The zero-order valence-corrected chi connectivity index (χ0v) is 15.2. The number of rotatable bonds is 3. The molecule has 1 N–H and O–H groups in total. The predicted octanol–water partition coefficient (Wildman–Crippen LogP) is 0.813. The Morgan fingerprint density at radius 2 is 1.92 bits per heavy atom. The van der Waals surface area contributed by atoms with E-state index in [2.05, 4.69) is 5.10 Å². The highest BCUT2D eigenvalue weighted by molar-refractivity contribution is 7.91. The molecule has 8 nitrogen and oxygen atoms in total. The van der Waals surface area contributed by atoms with E-state index in [1.165, 1.54) is 6.20 Å². The van der Waals surface area contributed by atoms with E-state index in [4.69, 9.17) is 0 Å². The SMILES string of the molecule is Cc1ccccc1-n1ncc(C(=O)N2CCS(=O)(=O)CC2C(=O)O)c1C. The fourth-order valence-corrected chi connectivity index (χ4v) is 4.52. The lowest BCUT2D eigenvalue weighted by atomic mass is 10.1. The van der Waals surface area contributed by atoms with Gasteiger partial charge in [0.25, 0.3) is 5.91 Å². The number of nitrogens with zero attached hydrogens (tertiary/aromatic N) is 3. The normalized spacial score (nSPS) is 19.3. The lowest BCUT2D eigenvalue weighted by molar-refractivity contribution is -0.141. The van der Waals surface area contributed by atoms with Crippen LogP contribution in [0.3, 0.4) is 0 Å². The maximum Gasteiger partial charge on any atom is 0.327 e. The molecule has 1 fully saturated rings. The van der Waals surface area contributed by atoms with Gasteiger partial charge < -0.3 is 10.0 Å². The van der Waals surface area contributed by atoms with E-state index < -0.39 is 33.5 Å². The van der Waals surface area contributed by atoms with Crippen LogP contribution >= 0.6 is 0 Å². The van der Waals surface area contributed by atoms with Crippen molar-refractivity contribution in [3.05, 3.63) is 47.3 Å². The number of carbonyl (C=O) groups excluding carboxylic acids is 1. The van der Waals surface area contributed by atoms with Crippen LogP contribution in [0.1, 0.15) is 21.6 Å². The summed E-state index contributed by atoms with van der Waals surface area (Å²) in [5.74, 6) is -2.66. The zero-order chi connectivity index (χ0) is 19.1. The summed E-state index contributed by atoms with van der Waals surface area (Å²) < 4.78 is 25.1. The molecular weight excluding hydrogens is 358 g/mol. The van der Waals surface area contributed by atoms with Crippen molar-refractivity contribution in [1.29, 1.82) is 0 Å². The van der Waals surface area contributed by atoms with E-state index in [-0.39, 0.29) is 17.9 Å². The van der Waals surface area contributed by atoms with Gasteiger partial charge in [0.15, 0.2) is 9.84 Å². The number of benzene rings is 1. The first-order valence-corrected chi connectivity index (χ1v) is 9.88. The summed E-state index contributed by atoms with van der Waals surface area (Å²) >= 11 is 0. The van der Waals surface area contributed by atoms with Crippen molar-refractivity contribution in [1.82, 2.24) is 14.7 Å². The van der Waals surface area contributed by atoms with Crippen LogP contribution < -0.4 is 0 Å². The molecule has 1 aromatic carbocycles. The van der Waals surface area contributed by atoms with Crippen LogP contribution in [-0.2, 0) is 14.6 Å². The summed E-state index contributed by atoms with van der Waals surface area (Å²) in [6.45, 7) is 3.50. The van der Waals surface area contributed by atoms with Gasteiger partial charge in [-0.3, -0.25) is 4.79 Å². The topological polar surface area (TPSA) is 110 Å². The van der Waals surface area contributed by atoms with E-state index in [9.17, 15) is 23.1 Å². The number of para-hydroxylation sites is 1. The van der Waals surface area contributed by atoms with Crippen molar-refractivity contribution in [3.63, 3.8) is 0 Å². The number of aryl methyl sites for hydroxylation is 1. The molecule has 1 amide bonds. The Morgan fingerprint density at radius 1 is 1.23 bits per heavy atom. The number of carboxylic acid groups (broad SMARTS) is 1. The standard InChI is InChI=1S/C17H19N3O5S/c1-11-5-3-4-6-14(11)20-12(2)13(9-18-20)16(21)19-7-8-26(24,25)10-15(19)17(22)23/h3-6,9,15H,7-8,10H2,1-2H3,(H,22,23). The van der Waals surface area contributed by atoms with Crippen LogP contribution in [0.4, 0.5) is 0 Å². The molecule has 1 unspecified atom stereocenters. The van der Waals surface area contributed by atoms with E-state index >= 15 is 0 Å². The first-order chi connectivity index (χ1) is 12.2. The van der Waals surface area contributed by atoms with Crippen molar-refractivity contribution in [3.8, 4) is 5.69 Å². The molecule has 1 aliphatic rings. The van der Waals surface area contributed by atoms with Crippen molar-refractivity contribution in [2.24, 2.45) is 0 Å². The summed E-state index contributed by atoms with van der Waals surface area (Å²) in [6.07, 6.45) is 1.39. The molecule has 3 rings (SSSR count). The maximum absolute atomic E-state index is 12.9. The molecule has 1 atom stereocenters. The van der Waals surface area contributed by atoms with Crippen LogP contribution in [0.15, 0.2) is 30.5 Å². The van der Waals surface area contributed by atoms with Gasteiger partial charge in [-0.25, -0.2) is 17.9 Å². The Hall–Kier alpha value is -2.68. The monoisotopic (exact) mass is 377 g/mol. The van der Waals surface area contributed by atoms with Crippen molar-refractivity contribution in [2.45, 2.75) is 19.9 Å². The molecule has 1 aromatic heterocycles. The summed E-state index contributed by atoms with van der Waals surface area (Å²) in [6, 6.07) is 6.17. The summed E-state index contributed by atoms with van der Waals surface area (Å²) in [5, 5.41) is 13.6. The maximum atomic E-state index is 12.9. The first kappa shape index (κ1) is 18.1. The molecule has 0 spiro atoms. The second-order valence-electron chi connectivity index (χ2n) is 6.31. The van der Waals surface area contributed by atoms with Gasteiger partial charge >= 0.3 is 5.97 Å². The smallest absolute Gasteiger partial charge is 0.327 e. The number of carboxylic acids is 1. The quantitative estimate of drug-likeness (QED) is 0.848. The van der Waals surface area contributed by atoms with Gasteiger partial charge in [-0.2, -0.15) is 5.10 Å². The van der Waals surface area contributed by atoms with Crippen LogP contribution in [0, 0.1) is 13.8 Å². The fraction of sp³-hybridized carbons (Fsp3) is 0.353. The van der Waals surface area contributed by atoms with Crippen molar-refractivity contribution >= 4 is 21.7 Å². The molecule has 1 aliphatic heterocycles. The van der Waals surface area contributed by atoms with Crippen molar-refractivity contribution in [2.75, 3.05) is 18.1 Å². The zero-order valence-electron chi connectivity index (χ0n) is 14.4. The van der Waals surface area contributed by atoms with Gasteiger partial charge in [0.1, 0.15) is 6.04 Å². The number of sulfone groups is 1. The highest BCUT2D eigenvalue weighted by atomic mass is 32.2. The third-order valence-corrected chi connectivity index (χ3v) is 6.19. The lowest BCUT2D eigenvalue weighted by Crippen LogP contribution is -2.54.